The van der Waals surface area contributed by atoms with Gasteiger partial charge in [0.25, 0.3) is 0 Å². The fourth-order valence-electron chi connectivity index (χ4n) is 1.79. The molecule has 4 nitrogen and oxygen atoms in total. The van der Waals surface area contributed by atoms with Crippen LogP contribution in [0.1, 0.15) is 31.0 Å². The third kappa shape index (κ3) is 3.57. The van der Waals surface area contributed by atoms with Gasteiger partial charge >= 0.3 is 5.97 Å². The molecule has 2 atom stereocenters. The molecule has 0 bridgehead atoms. The van der Waals surface area contributed by atoms with Crippen LogP contribution in [0.3, 0.4) is 0 Å². The number of hydrogen-bond acceptors (Lipinski definition) is 3. The quantitative estimate of drug-likeness (QED) is 0.865. The van der Waals surface area contributed by atoms with Crippen molar-refractivity contribution in [3.8, 4) is 6.07 Å². The van der Waals surface area contributed by atoms with E-state index in [1.807, 2.05) is 37.1 Å². The van der Waals surface area contributed by atoms with Gasteiger partial charge in [0.1, 0.15) is 0 Å². The Hall–Kier alpha value is -1.86. The van der Waals surface area contributed by atoms with E-state index in [4.69, 9.17) is 10.4 Å². The first-order valence-corrected chi connectivity index (χ1v) is 5.88. The van der Waals surface area contributed by atoms with Crippen LogP contribution in [0.4, 0.5) is 0 Å². The summed E-state index contributed by atoms with van der Waals surface area (Å²) in [6.07, 6.45) is 0. The van der Waals surface area contributed by atoms with E-state index in [9.17, 15) is 4.79 Å². The first kappa shape index (κ1) is 14.2. The molecule has 2 unspecified atom stereocenters. The molecule has 1 aromatic carbocycles. The minimum absolute atomic E-state index is 0.0834. The first-order chi connectivity index (χ1) is 8.45. The third-order valence-corrected chi connectivity index (χ3v) is 3.14. The monoisotopic (exact) mass is 246 g/mol. The lowest BCUT2D eigenvalue weighted by molar-refractivity contribution is -0.141. The van der Waals surface area contributed by atoms with Gasteiger partial charge in [-0.1, -0.05) is 19.1 Å². The normalized spacial score (nSPS) is 13.9. The maximum Gasteiger partial charge on any atom is 0.307 e. The van der Waals surface area contributed by atoms with Crippen LogP contribution in [-0.2, 0) is 4.79 Å². The van der Waals surface area contributed by atoms with Gasteiger partial charge in [0.05, 0.1) is 17.6 Å². The highest BCUT2D eigenvalue weighted by atomic mass is 16.4. The van der Waals surface area contributed by atoms with Crippen molar-refractivity contribution in [2.24, 2.45) is 5.92 Å². The topological polar surface area (TPSA) is 64.3 Å². The predicted octanol–water partition coefficient (Wildman–Crippen LogP) is 2.27. The zero-order chi connectivity index (χ0) is 13.7. The van der Waals surface area contributed by atoms with Crippen molar-refractivity contribution < 1.29 is 9.90 Å². The molecule has 0 saturated heterocycles. The molecule has 0 aromatic heterocycles. The SMILES string of the molecule is CC(CN(C)C(C)c1cccc(C#N)c1)C(=O)O. The van der Waals surface area contributed by atoms with Crippen molar-refractivity contribution in [2.45, 2.75) is 19.9 Å². The average molecular weight is 246 g/mol. The largest absolute Gasteiger partial charge is 0.481 e. The van der Waals surface area contributed by atoms with E-state index in [1.54, 1.807) is 13.0 Å². The number of nitrogens with zero attached hydrogens (tertiary/aromatic N) is 2. The smallest absolute Gasteiger partial charge is 0.307 e. The zero-order valence-corrected chi connectivity index (χ0v) is 10.9. The molecular formula is C14H18N2O2. The standard InChI is InChI=1S/C14H18N2O2/c1-10(14(17)18)9-16(3)11(2)13-6-4-5-12(7-13)8-15/h4-7,10-11H,9H2,1-3H3,(H,17,18). The maximum atomic E-state index is 10.8. The lowest BCUT2D eigenvalue weighted by Crippen LogP contribution is -2.30. The maximum absolute atomic E-state index is 10.8. The molecule has 0 spiro atoms. The van der Waals surface area contributed by atoms with Gasteiger partial charge < -0.3 is 5.11 Å². The molecule has 0 heterocycles. The van der Waals surface area contributed by atoms with Crippen LogP contribution >= 0.6 is 0 Å². The molecule has 4 heteroatoms. The van der Waals surface area contributed by atoms with Crippen LogP contribution in [0.5, 0.6) is 0 Å². The van der Waals surface area contributed by atoms with Crippen LogP contribution in [-0.4, -0.2) is 29.6 Å². The molecule has 0 saturated carbocycles. The Kier molecular flexibility index (Phi) is 4.87. The molecule has 96 valence electrons. The Morgan fingerprint density at radius 2 is 2.17 bits per heavy atom. The number of carboxylic acids is 1. The molecule has 18 heavy (non-hydrogen) atoms. The van der Waals surface area contributed by atoms with Crippen molar-refractivity contribution >= 4 is 5.97 Å². The van der Waals surface area contributed by atoms with Crippen molar-refractivity contribution in [1.29, 1.82) is 5.26 Å². The number of hydrogen-bond donors (Lipinski definition) is 1. The summed E-state index contributed by atoms with van der Waals surface area (Å²) in [6.45, 7) is 4.18. The number of nitriles is 1. The second-order valence-corrected chi connectivity index (χ2v) is 4.59. The minimum Gasteiger partial charge on any atom is -0.481 e. The van der Waals surface area contributed by atoms with E-state index in [0.717, 1.165) is 5.56 Å². The molecule has 0 radical (unpaired) electrons. The summed E-state index contributed by atoms with van der Waals surface area (Å²) in [6, 6.07) is 9.59. The van der Waals surface area contributed by atoms with Crippen molar-refractivity contribution in [3.63, 3.8) is 0 Å². The van der Waals surface area contributed by atoms with Gasteiger partial charge in [-0.2, -0.15) is 5.26 Å². The fraction of sp³-hybridized carbons (Fsp3) is 0.429. The average Bonchev–Trinajstić information content (AvgIpc) is 2.37. The highest BCUT2D eigenvalue weighted by Gasteiger charge is 2.18. The second-order valence-electron chi connectivity index (χ2n) is 4.59. The zero-order valence-electron chi connectivity index (χ0n) is 10.9. The van der Waals surface area contributed by atoms with Gasteiger partial charge in [-0.15, -0.1) is 0 Å². The van der Waals surface area contributed by atoms with Crippen LogP contribution in [0.25, 0.3) is 0 Å². The lowest BCUT2D eigenvalue weighted by atomic mass is 10.0. The number of carboxylic acid groups (broad SMARTS) is 1. The van der Waals surface area contributed by atoms with Crippen molar-refractivity contribution in [2.75, 3.05) is 13.6 Å². The summed E-state index contributed by atoms with van der Waals surface area (Å²) in [5.74, 6) is -1.20. The van der Waals surface area contributed by atoms with E-state index < -0.39 is 11.9 Å². The van der Waals surface area contributed by atoms with E-state index in [1.165, 1.54) is 0 Å². The van der Waals surface area contributed by atoms with E-state index in [-0.39, 0.29) is 6.04 Å². The summed E-state index contributed by atoms with van der Waals surface area (Å²) >= 11 is 0. The number of benzene rings is 1. The molecule has 0 amide bonds. The Morgan fingerprint density at radius 1 is 1.50 bits per heavy atom. The molecule has 0 fully saturated rings. The summed E-state index contributed by atoms with van der Waals surface area (Å²) < 4.78 is 0. The summed E-state index contributed by atoms with van der Waals surface area (Å²) in [4.78, 5) is 12.8. The second kappa shape index (κ2) is 6.18. The lowest BCUT2D eigenvalue weighted by Gasteiger charge is -2.26. The molecular weight excluding hydrogens is 228 g/mol. The third-order valence-electron chi connectivity index (χ3n) is 3.14. The van der Waals surface area contributed by atoms with Gasteiger partial charge in [-0.25, -0.2) is 0 Å². The highest BCUT2D eigenvalue weighted by Crippen LogP contribution is 2.20. The van der Waals surface area contributed by atoms with E-state index in [2.05, 4.69) is 6.07 Å². The first-order valence-electron chi connectivity index (χ1n) is 5.88. The van der Waals surface area contributed by atoms with Crippen molar-refractivity contribution in [1.82, 2.24) is 4.90 Å². The van der Waals surface area contributed by atoms with Crippen LogP contribution in [0.2, 0.25) is 0 Å². The summed E-state index contributed by atoms with van der Waals surface area (Å²) in [5.41, 5.74) is 1.65. The highest BCUT2D eigenvalue weighted by molar-refractivity contribution is 5.69. The fourth-order valence-corrected chi connectivity index (χ4v) is 1.79. The van der Waals surface area contributed by atoms with E-state index in [0.29, 0.717) is 12.1 Å². The summed E-state index contributed by atoms with van der Waals surface area (Å²) in [5, 5.41) is 17.8. The van der Waals surface area contributed by atoms with E-state index >= 15 is 0 Å². The summed E-state index contributed by atoms with van der Waals surface area (Å²) in [7, 11) is 1.89. The van der Waals surface area contributed by atoms with Gasteiger partial charge in [0.15, 0.2) is 0 Å². The molecule has 1 rings (SSSR count). The molecule has 0 aliphatic carbocycles. The predicted molar refractivity (Wildman–Crippen MR) is 69.0 cm³/mol. The number of carbonyl (C=O) groups is 1. The Labute approximate surface area is 107 Å². The Bertz CT molecular complexity index is 465. The molecule has 1 aromatic rings. The Balaban J connectivity index is 2.77. The van der Waals surface area contributed by atoms with Crippen LogP contribution < -0.4 is 0 Å². The Morgan fingerprint density at radius 3 is 2.72 bits per heavy atom. The van der Waals surface area contributed by atoms with Gasteiger partial charge in [0, 0.05) is 12.6 Å². The number of rotatable bonds is 5. The molecule has 1 N–H and O–H groups in total. The molecule has 0 aliphatic rings. The van der Waals surface area contributed by atoms with Crippen LogP contribution in [0.15, 0.2) is 24.3 Å². The van der Waals surface area contributed by atoms with Gasteiger partial charge in [-0.05, 0) is 31.7 Å². The molecule has 0 aliphatic heterocycles. The minimum atomic E-state index is -0.792. The van der Waals surface area contributed by atoms with Gasteiger partial charge in [0.2, 0.25) is 0 Å². The number of aliphatic carboxylic acids is 1. The van der Waals surface area contributed by atoms with Crippen molar-refractivity contribution in [3.05, 3.63) is 35.4 Å². The van der Waals surface area contributed by atoms with Gasteiger partial charge in [-0.3, -0.25) is 9.69 Å². The van der Waals surface area contributed by atoms with Crippen LogP contribution in [0, 0.1) is 17.2 Å².